The lowest BCUT2D eigenvalue weighted by Gasteiger charge is -2.09. The molecule has 0 N–H and O–H groups in total. The zero-order valence-corrected chi connectivity index (χ0v) is 29.0. The van der Waals surface area contributed by atoms with Crippen molar-refractivity contribution in [2.45, 2.75) is 0 Å². The van der Waals surface area contributed by atoms with E-state index in [-0.39, 0.29) is 53.0 Å². The number of hydrogen-bond acceptors (Lipinski definition) is 6. The van der Waals surface area contributed by atoms with Gasteiger partial charge >= 0.3 is 0 Å². The minimum absolute atomic E-state index is 0.0492. The van der Waals surface area contributed by atoms with E-state index in [0.717, 1.165) is 57.0 Å². The molecule has 0 saturated carbocycles. The molecule has 238 valence electrons. The van der Waals surface area contributed by atoms with Crippen LogP contribution in [-0.4, -0.2) is 15.0 Å². The summed E-state index contributed by atoms with van der Waals surface area (Å²) in [6.45, 7) is 0. The van der Waals surface area contributed by atoms with Crippen LogP contribution in [0.25, 0.3) is 106 Å². The monoisotopic (exact) mass is 709 g/mol. The van der Waals surface area contributed by atoms with Gasteiger partial charge in [0.1, 0.15) is 0 Å². The Morgan fingerprint density at radius 1 is 0.373 bits per heavy atom. The molecule has 0 amide bonds. The van der Waals surface area contributed by atoms with Crippen LogP contribution >= 0.6 is 34.0 Å². The van der Waals surface area contributed by atoms with Crippen LogP contribution in [0.2, 0.25) is 0 Å². The van der Waals surface area contributed by atoms with Crippen molar-refractivity contribution in [1.29, 1.82) is 0 Å². The van der Waals surface area contributed by atoms with Crippen molar-refractivity contribution in [3.05, 3.63) is 152 Å². The molecule has 4 aromatic heterocycles. The fourth-order valence-corrected chi connectivity index (χ4v) is 10.5. The first-order chi connectivity index (χ1) is 27.8. The minimum atomic E-state index is -0.262. The van der Waals surface area contributed by atoms with Crippen molar-refractivity contribution < 1.29 is 8.22 Å². The van der Waals surface area contributed by atoms with E-state index in [9.17, 15) is 5.48 Å². The van der Waals surface area contributed by atoms with Gasteiger partial charge in [-0.1, -0.05) is 127 Å². The van der Waals surface area contributed by atoms with Crippen molar-refractivity contribution in [1.82, 2.24) is 15.0 Å². The van der Waals surface area contributed by atoms with Crippen LogP contribution in [0.3, 0.4) is 0 Å². The highest BCUT2D eigenvalue weighted by molar-refractivity contribution is 7.27. The molecule has 0 atom stereocenters. The van der Waals surface area contributed by atoms with Gasteiger partial charge in [0.15, 0.2) is 17.5 Å². The SMILES string of the molecule is [2H]c1c([2H])c([2H])c2c(sc3c([2H])c(-c4nc(-c5ccccc5)nc(-c5cccc6c5sc5ccccc56)n4)c([2H])c([2H])c32)c1-c1cccc2c1sc1ccccc12. The highest BCUT2D eigenvalue weighted by Gasteiger charge is 2.19. The van der Waals surface area contributed by atoms with Gasteiger partial charge in [0, 0.05) is 88.3 Å². The molecular weight excluding hydrogens is 679 g/mol. The second-order valence-electron chi connectivity index (χ2n) is 12.2. The van der Waals surface area contributed by atoms with Crippen molar-refractivity contribution in [2.75, 3.05) is 0 Å². The smallest absolute Gasteiger partial charge is 0.165 e. The normalized spacial score (nSPS) is 13.6. The van der Waals surface area contributed by atoms with Crippen molar-refractivity contribution >= 4 is 94.5 Å². The molecule has 4 heterocycles. The summed E-state index contributed by atoms with van der Waals surface area (Å²) in [5.74, 6) is 0.867. The number of thiophene rings is 3. The second-order valence-corrected chi connectivity index (χ2v) is 15.4. The molecule has 51 heavy (non-hydrogen) atoms. The second kappa shape index (κ2) is 11.4. The number of nitrogens with zero attached hydrogens (tertiary/aromatic N) is 3. The first-order valence-electron chi connectivity index (χ1n) is 19.4. The largest absolute Gasteiger partial charge is 0.208 e. The summed E-state index contributed by atoms with van der Waals surface area (Å²) in [5.41, 5.74) is 2.87. The number of rotatable bonds is 4. The van der Waals surface area contributed by atoms with Crippen LogP contribution in [-0.2, 0) is 0 Å². The van der Waals surface area contributed by atoms with Gasteiger partial charge < -0.3 is 0 Å². The molecule has 0 radical (unpaired) electrons. The maximum Gasteiger partial charge on any atom is 0.165 e. The van der Waals surface area contributed by atoms with Crippen LogP contribution in [0.1, 0.15) is 8.22 Å². The topological polar surface area (TPSA) is 38.7 Å². The Balaban J connectivity index is 1.20. The van der Waals surface area contributed by atoms with Gasteiger partial charge in [-0.15, -0.1) is 34.0 Å². The standard InChI is InChI=1S/C45H25N3S3/c1-2-11-26(12-3-1)43-46-44(48-45(47-43)36-20-10-17-32-29-14-5-7-22-38(29)50-42(32)36)27-23-24-30-33-16-9-19-35(41(33)51-39(30)25-27)34-18-8-15-31-28-13-4-6-21-37(28)49-40(31)34/h1-25H/i9D,16D,19D,23D,24D,25D. The molecule has 0 aliphatic heterocycles. The summed E-state index contributed by atoms with van der Waals surface area (Å²) in [7, 11) is 0. The van der Waals surface area contributed by atoms with Gasteiger partial charge in [-0.25, -0.2) is 15.0 Å². The Labute approximate surface area is 313 Å². The summed E-state index contributed by atoms with van der Waals surface area (Å²) in [6.07, 6.45) is 0. The summed E-state index contributed by atoms with van der Waals surface area (Å²) >= 11 is 4.49. The lowest BCUT2D eigenvalue weighted by Crippen LogP contribution is -2.00. The molecule has 7 aromatic carbocycles. The fraction of sp³-hybridized carbons (Fsp3) is 0. The van der Waals surface area contributed by atoms with Crippen LogP contribution in [0.4, 0.5) is 0 Å². The van der Waals surface area contributed by atoms with E-state index < -0.39 is 0 Å². The first-order valence-corrected chi connectivity index (χ1v) is 18.8. The maximum atomic E-state index is 9.71. The van der Waals surface area contributed by atoms with Crippen LogP contribution < -0.4 is 0 Å². The van der Waals surface area contributed by atoms with Gasteiger partial charge in [-0.3, -0.25) is 0 Å². The highest BCUT2D eigenvalue weighted by atomic mass is 32.1. The van der Waals surface area contributed by atoms with Crippen molar-refractivity contribution in [2.24, 2.45) is 0 Å². The van der Waals surface area contributed by atoms with Gasteiger partial charge in [-0.05, 0) is 24.2 Å². The number of benzene rings is 7. The molecule has 0 aliphatic rings. The molecular formula is C45H25N3S3. The molecule has 0 bridgehead atoms. The van der Waals surface area contributed by atoms with Gasteiger partial charge in [0.2, 0.25) is 0 Å². The quantitative estimate of drug-likeness (QED) is 0.183. The summed E-state index contributed by atoms with van der Waals surface area (Å²) in [5, 5.41) is 4.91. The van der Waals surface area contributed by atoms with E-state index in [1.807, 2.05) is 78.9 Å². The van der Waals surface area contributed by atoms with Crippen molar-refractivity contribution in [3.63, 3.8) is 0 Å². The Morgan fingerprint density at radius 2 is 0.941 bits per heavy atom. The summed E-state index contributed by atoms with van der Waals surface area (Å²) in [4.78, 5) is 14.8. The van der Waals surface area contributed by atoms with E-state index in [1.54, 1.807) is 22.7 Å². The minimum Gasteiger partial charge on any atom is -0.208 e. The lowest BCUT2D eigenvalue weighted by atomic mass is 10.0. The summed E-state index contributed by atoms with van der Waals surface area (Å²) in [6, 6.07) is 36.9. The molecule has 0 fully saturated rings. The van der Waals surface area contributed by atoms with Crippen molar-refractivity contribution in [3.8, 4) is 45.3 Å². The number of hydrogen-bond donors (Lipinski definition) is 0. The van der Waals surface area contributed by atoms with Crippen LogP contribution in [0.15, 0.2) is 152 Å². The zero-order chi connectivity index (χ0) is 38.7. The third kappa shape index (κ3) is 4.58. The highest BCUT2D eigenvalue weighted by Crippen LogP contribution is 2.46. The predicted octanol–water partition coefficient (Wildman–Crippen LogP) is 13.6. The van der Waals surface area contributed by atoms with Crippen LogP contribution in [0, 0.1) is 0 Å². The molecule has 0 unspecified atom stereocenters. The molecule has 11 aromatic rings. The van der Waals surface area contributed by atoms with Gasteiger partial charge in [0.05, 0.1) is 8.22 Å². The Kier molecular flexibility index (Phi) is 5.26. The Hall–Kier alpha value is -5.79. The molecule has 0 aliphatic carbocycles. The molecule has 3 nitrogen and oxygen atoms in total. The molecule has 0 spiro atoms. The number of fused-ring (bicyclic) bond motifs is 9. The third-order valence-corrected chi connectivity index (χ3v) is 12.8. The lowest BCUT2D eigenvalue weighted by molar-refractivity contribution is 1.08. The van der Waals surface area contributed by atoms with E-state index in [4.69, 9.17) is 17.7 Å². The van der Waals surface area contributed by atoms with E-state index in [0.29, 0.717) is 32.0 Å². The molecule has 0 saturated heterocycles. The van der Waals surface area contributed by atoms with Gasteiger partial charge in [0.25, 0.3) is 0 Å². The van der Waals surface area contributed by atoms with E-state index in [1.165, 1.54) is 11.3 Å². The third-order valence-electron chi connectivity index (χ3n) is 9.27. The maximum absolute atomic E-state index is 9.71. The number of aromatic nitrogens is 3. The average molecular weight is 710 g/mol. The first kappa shape index (κ1) is 23.6. The Bertz CT molecular complexity index is 3500. The van der Waals surface area contributed by atoms with E-state index in [2.05, 4.69) is 36.4 Å². The predicted molar refractivity (Wildman–Crippen MR) is 220 cm³/mol. The molecule has 11 rings (SSSR count). The fourth-order valence-electron chi connectivity index (χ4n) is 6.91. The summed E-state index contributed by atoms with van der Waals surface area (Å²) < 4.78 is 61.0. The average Bonchev–Trinajstić information content (AvgIpc) is 3.95. The zero-order valence-electron chi connectivity index (χ0n) is 32.5. The van der Waals surface area contributed by atoms with Crippen LogP contribution in [0.5, 0.6) is 0 Å². The molecule has 6 heteroatoms. The van der Waals surface area contributed by atoms with E-state index >= 15 is 0 Å². The Morgan fingerprint density at radius 3 is 1.69 bits per heavy atom. The van der Waals surface area contributed by atoms with Gasteiger partial charge in [-0.2, -0.15) is 0 Å².